The Morgan fingerprint density at radius 1 is 1.17 bits per heavy atom. The van der Waals surface area contributed by atoms with Gasteiger partial charge in [-0.25, -0.2) is 9.97 Å². The van der Waals surface area contributed by atoms with Crippen molar-refractivity contribution in [3.8, 4) is 11.6 Å². The maximum Gasteiger partial charge on any atom is 0.238 e. The van der Waals surface area contributed by atoms with Crippen molar-refractivity contribution >= 4 is 21.7 Å². The van der Waals surface area contributed by atoms with E-state index in [1.807, 2.05) is 24.3 Å². The number of hydrogen-bond donors (Lipinski definition) is 1. The molecule has 94 valence electrons. The zero-order chi connectivity index (χ0) is 13.1. The molecule has 0 aliphatic carbocycles. The van der Waals surface area contributed by atoms with Gasteiger partial charge in [-0.2, -0.15) is 0 Å². The summed E-state index contributed by atoms with van der Waals surface area (Å²) in [5.41, 5.74) is 6.93. The maximum absolute atomic E-state index is 5.66. The number of ether oxygens (including phenoxy) is 1. The smallest absolute Gasteiger partial charge is 0.238 e. The Morgan fingerprint density at radius 2 is 1.83 bits per heavy atom. The average molecular weight is 308 g/mol. The molecule has 1 aromatic carbocycles. The van der Waals surface area contributed by atoms with E-state index in [0.29, 0.717) is 22.1 Å². The number of nitrogens with two attached hydrogens (primary N) is 1. The second-order valence-electron chi connectivity index (χ2n) is 4.20. The van der Waals surface area contributed by atoms with Crippen molar-refractivity contribution in [3.63, 3.8) is 0 Å². The number of nitrogens with zero attached hydrogens (tertiary/aromatic N) is 2. The SMILES string of the molecule is CC(C)c1ccc(Oc2ncnc(N)c2Br)cc1. The topological polar surface area (TPSA) is 61.0 Å². The number of rotatable bonds is 3. The number of anilines is 1. The number of halogens is 1. The third kappa shape index (κ3) is 2.79. The lowest BCUT2D eigenvalue weighted by atomic mass is 10.0. The van der Waals surface area contributed by atoms with Gasteiger partial charge in [0.05, 0.1) is 0 Å². The van der Waals surface area contributed by atoms with E-state index in [0.717, 1.165) is 5.75 Å². The molecule has 2 N–H and O–H groups in total. The molecule has 0 unspecified atom stereocenters. The molecule has 5 heteroatoms. The van der Waals surface area contributed by atoms with Crippen molar-refractivity contribution in [2.45, 2.75) is 19.8 Å². The van der Waals surface area contributed by atoms with Gasteiger partial charge in [0.2, 0.25) is 5.88 Å². The van der Waals surface area contributed by atoms with E-state index < -0.39 is 0 Å². The fourth-order valence-electron chi connectivity index (χ4n) is 1.47. The van der Waals surface area contributed by atoms with E-state index in [9.17, 15) is 0 Å². The van der Waals surface area contributed by atoms with Crippen LogP contribution >= 0.6 is 15.9 Å². The van der Waals surface area contributed by atoms with Crippen molar-refractivity contribution < 1.29 is 4.74 Å². The van der Waals surface area contributed by atoms with Crippen LogP contribution in [0.5, 0.6) is 11.6 Å². The second-order valence-corrected chi connectivity index (χ2v) is 5.00. The number of aromatic nitrogens is 2. The number of nitrogen functional groups attached to an aromatic ring is 1. The van der Waals surface area contributed by atoms with Gasteiger partial charge >= 0.3 is 0 Å². The fourth-order valence-corrected chi connectivity index (χ4v) is 1.76. The van der Waals surface area contributed by atoms with Crippen LogP contribution in [0.1, 0.15) is 25.3 Å². The summed E-state index contributed by atoms with van der Waals surface area (Å²) in [5.74, 6) is 2.00. The number of benzene rings is 1. The highest BCUT2D eigenvalue weighted by atomic mass is 79.9. The van der Waals surface area contributed by atoms with Crippen molar-refractivity contribution in [3.05, 3.63) is 40.6 Å². The van der Waals surface area contributed by atoms with E-state index in [2.05, 4.69) is 39.7 Å². The summed E-state index contributed by atoms with van der Waals surface area (Å²) in [6.07, 6.45) is 1.37. The van der Waals surface area contributed by atoms with Crippen LogP contribution in [-0.4, -0.2) is 9.97 Å². The minimum Gasteiger partial charge on any atom is -0.438 e. The molecule has 0 atom stereocenters. The van der Waals surface area contributed by atoms with E-state index in [1.54, 1.807) is 0 Å². The molecular formula is C13H14BrN3O. The lowest BCUT2D eigenvalue weighted by Crippen LogP contribution is -1.96. The van der Waals surface area contributed by atoms with Crippen molar-refractivity contribution in [2.75, 3.05) is 5.73 Å². The molecule has 4 nitrogen and oxygen atoms in total. The average Bonchev–Trinajstić information content (AvgIpc) is 2.36. The van der Waals surface area contributed by atoms with Gasteiger partial charge in [-0.05, 0) is 39.5 Å². The molecule has 0 fully saturated rings. The lowest BCUT2D eigenvalue weighted by Gasteiger charge is -2.09. The zero-order valence-electron chi connectivity index (χ0n) is 10.2. The van der Waals surface area contributed by atoms with Gasteiger partial charge in [-0.15, -0.1) is 0 Å². The van der Waals surface area contributed by atoms with Crippen molar-refractivity contribution in [2.24, 2.45) is 0 Å². The first-order chi connectivity index (χ1) is 8.58. The fraction of sp³-hybridized carbons (Fsp3) is 0.231. The Labute approximate surface area is 114 Å². The van der Waals surface area contributed by atoms with Crippen LogP contribution in [0.15, 0.2) is 35.1 Å². The van der Waals surface area contributed by atoms with E-state index in [1.165, 1.54) is 11.9 Å². The van der Waals surface area contributed by atoms with E-state index >= 15 is 0 Å². The first kappa shape index (κ1) is 12.8. The Balaban J connectivity index is 2.21. The molecule has 0 aliphatic heterocycles. The van der Waals surface area contributed by atoms with Crippen LogP contribution in [0.4, 0.5) is 5.82 Å². The van der Waals surface area contributed by atoms with Gasteiger partial charge in [0.25, 0.3) is 0 Å². The molecule has 0 aliphatic rings. The molecule has 0 saturated heterocycles. The zero-order valence-corrected chi connectivity index (χ0v) is 11.8. The summed E-state index contributed by atoms with van der Waals surface area (Å²) >= 11 is 3.30. The standard InChI is InChI=1S/C13H14BrN3O/c1-8(2)9-3-5-10(6-4-9)18-13-11(14)12(15)16-7-17-13/h3-8H,1-2H3,(H2,15,16,17). The molecule has 0 amide bonds. The van der Waals surface area contributed by atoms with Gasteiger partial charge in [0, 0.05) is 0 Å². The molecule has 2 rings (SSSR count). The van der Waals surface area contributed by atoms with Gasteiger partial charge in [0.1, 0.15) is 22.4 Å². The van der Waals surface area contributed by atoms with Gasteiger partial charge in [0.15, 0.2) is 0 Å². The van der Waals surface area contributed by atoms with Crippen LogP contribution in [0.25, 0.3) is 0 Å². The highest BCUT2D eigenvalue weighted by molar-refractivity contribution is 9.10. The third-order valence-corrected chi connectivity index (χ3v) is 3.29. The Kier molecular flexibility index (Phi) is 3.81. The summed E-state index contributed by atoms with van der Waals surface area (Å²) in [4.78, 5) is 7.89. The third-order valence-electron chi connectivity index (χ3n) is 2.55. The van der Waals surface area contributed by atoms with E-state index in [-0.39, 0.29) is 0 Å². The van der Waals surface area contributed by atoms with Crippen LogP contribution < -0.4 is 10.5 Å². The monoisotopic (exact) mass is 307 g/mol. The predicted molar refractivity (Wildman–Crippen MR) is 74.7 cm³/mol. The second kappa shape index (κ2) is 5.35. The summed E-state index contributed by atoms with van der Waals surface area (Å²) in [5, 5.41) is 0. The Morgan fingerprint density at radius 3 is 2.44 bits per heavy atom. The summed E-state index contributed by atoms with van der Waals surface area (Å²) in [6.45, 7) is 4.30. The molecule has 18 heavy (non-hydrogen) atoms. The normalized spacial score (nSPS) is 10.7. The molecule has 1 aromatic heterocycles. The summed E-state index contributed by atoms with van der Waals surface area (Å²) in [7, 11) is 0. The molecule has 1 heterocycles. The molecule has 0 bridgehead atoms. The molecule has 0 spiro atoms. The summed E-state index contributed by atoms with van der Waals surface area (Å²) < 4.78 is 6.21. The van der Waals surface area contributed by atoms with Crippen molar-refractivity contribution in [1.29, 1.82) is 0 Å². The summed E-state index contributed by atoms with van der Waals surface area (Å²) in [6, 6.07) is 7.91. The highest BCUT2D eigenvalue weighted by Crippen LogP contribution is 2.30. The van der Waals surface area contributed by atoms with E-state index in [4.69, 9.17) is 10.5 Å². The molecule has 0 radical (unpaired) electrons. The highest BCUT2D eigenvalue weighted by Gasteiger charge is 2.08. The lowest BCUT2D eigenvalue weighted by molar-refractivity contribution is 0.458. The van der Waals surface area contributed by atoms with Crippen molar-refractivity contribution in [1.82, 2.24) is 9.97 Å². The Bertz CT molecular complexity index is 540. The Hall–Kier alpha value is -1.62. The largest absolute Gasteiger partial charge is 0.438 e. The minimum atomic E-state index is 0.360. The molecule has 2 aromatic rings. The quantitative estimate of drug-likeness (QED) is 0.938. The van der Waals surface area contributed by atoms with Gasteiger partial charge in [-0.1, -0.05) is 26.0 Å². The predicted octanol–water partition coefficient (Wildman–Crippen LogP) is 3.74. The van der Waals surface area contributed by atoms with Crippen LogP contribution in [0.3, 0.4) is 0 Å². The van der Waals surface area contributed by atoms with Crippen LogP contribution in [-0.2, 0) is 0 Å². The minimum absolute atomic E-state index is 0.360. The van der Waals surface area contributed by atoms with Crippen LogP contribution in [0.2, 0.25) is 0 Å². The van der Waals surface area contributed by atoms with Gasteiger partial charge < -0.3 is 10.5 Å². The number of hydrogen-bond acceptors (Lipinski definition) is 4. The molecular weight excluding hydrogens is 294 g/mol. The maximum atomic E-state index is 5.66. The molecule has 0 saturated carbocycles. The van der Waals surface area contributed by atoms with Crippen LogP contribution in [0, 0.1) is 0 Å². The first-order valence-corrected chi connectivity index (χ1v) is 6.41. The van der Waals surface area contributed by atoms with Gasteiger partial charge in [-0.3, -0.25) is 0 Å². The first-order valence-electron chi connectivity index (χ1n) is 5.61.